The molecule has 0 radical (unpaired) electrons. The number of aliphatic hydroxyl groups excluding tert-OH is 2. The molecule has 23 nitrogen and oxygen atoms in total. The summed E-state index contributed by atoms with van der Waals surface area (Å²) < 4.78 is 41.9. The van der Waals surface area contributed by atoms with Crippen molar-refractivity contribution in [3.8, 4) is 0 Å². The number of nitrogens with one attached hydrogen (secondary N) is 1. The summed E-state index contributed by atoms with van der Waals surface area (Å²) in [6.45, 7) is 10.7. The van der Waals surface area contributed by atoms with E-state index in [-0.39, 0.29) is 106 Å². The van der Waals surface area contributed by atoms with Gasteiger partial charge in [-0.25, -0.2) is 4.79 Å². The lowest BCUT2D eigenvalue weighted by Gasteiger charge is -2.60. The van der Waals surface area contributed by atoms with Gasteiger partial charge in [0.15, 0.2) is 30.7 Å². The number of carboxylic acids is 1. The number of carboxylic acid groups (broad SMARTS) is 1. The number of aliphatic carboxylic acids is 1. The molecule has 0 aromatic carbocycles. The molecule has 89 heavy (non-hydrogen) atoms. The van der Waals surface area contributed by atoms with Crippen LogP contribution in [0.1, 0.15) is 151 Å². The molecule has 0 aliphatic heterocycles. The number of aliphatic imine (C=N–C) groups is 1. The molecule has 14 N–H and O–H groups in total. The first kappa shape index (κ1) is 74.2. The number of hydrogen-bond donors (Lipinski definition) is 10. The number of carbonyl (C=O) groups is 10. The van der Waals surface area contributed by atoms with E-state index in [1.54, 1.807) is 26.0 Å². The zero-order valence-electron chi connectivity index (χ0n) is 51.5. The summed E-state index contributed by atoms with van der Waals surface area (Å²) in [7, 11) is 0. The highest BCUT2D eigenvalue weighted by Crippen LogP contribution is 2.69. The van der Waals surface area contributed by atoms with Crippen molar-refractivity contribution in [3.05, 3.63) is 23.3 Å². The van der Waals surface area contributed by atoms with Gasteiger partial charge in [-0.2, -0.15) is 13.2 Å². The Morgan fingerprint density at radius 1 is 0.742 bits per heavy atom. The number of esters is 2. The van der Waals surface area contributed by atoms with Crippen LogP contribution in [0.3, 0.4) is 0 Å². The van der Waals surface area contributed by atoms with Crippen molar-refractivity contribution in [2.75, 3.05) is 37.1 Å². The number of rotatable bonds is 19. The average molecular weight is 1300 g/mol. The van der Waals surface area contributed by atoms with Crippen molar-refractivity contribution >= 4 is 88.1 Å². The SMILES string of the molecule is CCC(N)=O.C[C@@H](CSCC(=O)OCC(=O)[C@@]1(O)CC[C@H]2[C@@H]3CCC4=CC(=O)CC[C@]4(C)[C@H]3[C@@H](O)C[C@@]21C)C(=O)N[C@H](CCCN=C(N)N)C(N)=O.C[C@]12CCC(=O)C=C1CC[C@@H]1[C@@H]2[C@@H](O)C[C@@]2(C)[C@H]1CC[C@]2(O)C(=O)COC(=O)CCl.O=C(O)C(F)(F)F. The summed E-state index contributed by atoms with van der Waals surface area (Å²) in [6.07, 6.45) is 6.36. The van der Waals surface area contributed by atoms with Gasteiger partial charge in [-0.05, 0) is 148 Å². The van der Waals surface area contributed by atoms with E-state index in [4.69, 9.17) is 48.2 Å². The van der Waals surface area contributed by atoms with Crippen LogP contribution in [0.2, 0.25) is 0 Å². The Hall–Kier alpha value is -5.48. The van der Waals surface area contributed by atoms with Crippen molar-refractivity contribution in [2.24, 2.45) is 91.0 Å². The molecule has 3 amide bonds. The first-order chi connectivity index (χ1) is 41.3. The molecule has 8 aliphatic carbocycles. The summed E-state index contributed by atoms with van der Waals surface area (Å²) in [6, 6.07) is -0.882. The van der Waals surface area contributed by atoms with Gasteiger partial charge in [0.25, 0.3) is 0 Å². The first-order valence-electron chi connectivity index (χ1n) is 30.3. The van der Waals surface area contributed by atoms with Gasteiger partial charge in [0.2, 0.25) is 29.3 Å². The molecule has 16 atom stereocenters. The number of fused-ring (bicyclic) bond motifs is 10. The van der Waals surface area contributed by atoms with Gasteiger partial charge < -0.3 is 63.3 Å². The quantitative estimate of drug-likeness (QED) is 0.0289. The summed E-state index contributed by atoms with van der Waals surface area (Å²) in [5.41, 5.74) is 17.4. The van der Waals surface area contributed by atoms with Crippen LogP contribution < -0.4 is 28.3 Å². The van der Waals surface area contributed by atoms with Gasteiger partial charge in [-0.3, -0.25) is 48.1 Å². The Morgan fingerprint density at radius 3 is 1.55 bits per heavy atom. The predicted molar refractivity (Wildman–Crippen MR) is 319 cm³/mol. The fourth-order valence-corrected chi connectivity index (χ4v) is 17.4. The molecule has 0 saturated heterocycles. The van der Waals surface area contributed by atoms with Crippen LogP contribution in [0.25, 0.3) is 0 Å². The Bertz CT molecular complexity index is 2800. The fourth-order valence-electron chi connectivity index (χ4n) is 16.4. The second-order valence-electron chi connectivity index (χ2n) is 26.2. The Balaban J connectivity index is 0.000000290. The largest absolute Gasteiger partial charge is 0.490 e. The molecule has 28 heteroatoms. The van der Waals surface area contributed by atoms with E-state index in [1.165, 1.54) is 0 Å². The van der Waals surface area contributed by atoms with E-state index in [0.29, 0.717) is 64.3 Å². The maximum Gasteiger partial charge on any atom is 0.490 e. The number of nitrogens with zero attached hydrogens (tertiary/aromatic N) is 1. The molecule has 6 fully saturated rings. The van der Waals surface area contributed by atoms with E-state index in [1.807, 2.05) is 13.8 Å². The fraction of sp³-hybridized carbons (Fsp3) is 0.754. The molecule has 500 valence electrons. The van der Waals surface area contributed by atoms with Gasteiger partial charge in [-0.15, -0.1) is 23.4 Å². The molecule has 0 heterocycles. The molecule has 0 aromatic rings. The number of ketones is 4. The Kier molecular flexibility index (Phi) is 24.9. The molecule has 0 bridgehead atoms. The number of aliphatic hydroxyl groups is 4. The van der Waals surface area contributed by atoms with Crippen molar-refractivity contribution in [1.29, 1.82) is 0 Å². The molecular formula is C61H90ClF3N6O17S. The summed E-state index contributed by atoms with van der Waals surface area (Å²) in [5.74, 6) is -6.60. The zero-order chi connectivity index (χ0) is 67.0. The highest BCUT2D eigenvalue weighted by molar-refractivity contribution is 7.99. The van der Waals surface area contributed by atoms with Crippen LogP contribution in [0.4, 0.5) is 13.2 Å². The van der Waals surface area contributed by atoms with Gasteiger partial charge in [0, 0.05) is 48.3 Å². The minimum atomic E-state index is -5.08. The standard InChI is InChI=1S/C33H51N5O8S.C23H31ClO6.C3H7NO.C2HF3O2/c1-18(29(44)38-23(28(34)43)5-4-12-37-30(35)36)16-47-17-26(42)46-15-25(41)33(45)11-9-22-21-7-6-19-13-20(39)8-10-31(19,2)27(21)24(40)14-32(22,33)3;1-21-7-5-14(25)9-13(21)3-4-15-16-6-8-23(29,18(27)12-30-19(28)11-24)22(16,2)10-17(26)20(15)21;1-2-3(4)5;3-2(4,5)1(6)7/h13,18,21-24,27,40,45H,4-12,14-17H2,1-3H3,(H2,34,43)(H,38,44)(H4,35,36,37);9,15-17,20,26,29H,3-8,10-12H2,1-2H3;2H2,1H3,(H2,4,5);(H,6,7)/t18-,21-,22-,23+,24-,27+,31-,32-,33-;15-,16-,17-,20+,21-,22-,23-;;/m00../s1. The van der Waals surface area contributed by atoms with Crippen LogP contribution in [0, 0.1) is 63.1 Å². The minimum absolute atomic E-state index is 0.0205. The number of amides is 3. The summed E-state index contributed by atoms with van der Waals surface area (Å²) >= 11 is 6.58. The lowest BCUT2D eigenvalue weighted by atomic mass is 9.45. The maximum absolute atomic E-state index is 13.5. The number of Topliss-reactive ketones (excluding diaryl/α,β-unsaturated/α-hetero) is 2. The lowest BCUT2D eigenvalue weighted by Crippen LogP contribution is -2.62. The van der Waals surface area contributed by atoms with Crippen molar-refractivity contribution in [2.45, 2.75) is 186 Å². The Morgan fingerprint density at radius 2 is 1.17 bits per heavy atom. The van der Waals surface area contributed by atoms with Crippen LogP contribution in [0.5, 0.6) is 0 Å². The number of carbonyl (C=O) groups excluding carboxylic acids is 9. The third-order valence-corrected chi connectivity index (χ3v) is 22.5. The zero-order valence-corrected chi connectivity index (χ0v) is 53.1. The first-order valence-corrected chi connectivity index (χ1v) is 32.0. The van der Waals surface area contributed by atoms with Crippen molar-refractivity contribution < 1.29 is 96.1 Å². The van der Waals surface area contributed by atoms with Crippen molar-refractivity contribution in [1.82, 2.24) is 5.32 Å². The highest BCUT2D eigenvalue weighted by atomic mass is 35.5. The predicted octanol–water partition coefficient (Wildman–Crippen LogP) is 3.81. The minimum Gasteiger partial charge on any atom is -0.475 e. The highest BCUT2D eigenvalue weighted by Gasteiger charge is 2.70. The maximum atomic E-state index is 13.5. The molecule has 8 rings (SSSR count). The number of guanidine groups is 1. The number of primary amides is 2. The number of nitrogens with two attached hydrogens (primary N) is 4. The number of allylic oxidation sites excluding steroid dienone is 2. The smallest absolute Gasteiger partial charge is 0.475 e. The van der Waals surface area contributed by atoms with Crippen LogP contribution >= 0.6 is 23.4 Å². The topological polar surface area (TPSA) is 419 Å². The average Bonchev–Trinajstić information content (AvgIpc) is 1.67. The van der Waals surface area contributed by atoms with Crippen LogP contribution in [-0.2, 0) is 57.4 Å². The number of halogens is 4. The molecule has 0 aromatic heterocycles. The van der Waals surface area contributed by atoms with E-state index >= 15 is 0 Å². The number of ether oxygens (including phenoxy) is 2. The van der Waals surface area contributed by atoms with E-state index in [0.717, 1.165) is 55.0 Å². The van der Waals surface area contributed by atoms with Crippen LogP contribution in [0.15, 0.2) is 28.3 Å². The molecule has 0 spiro atoms. The molecule has 0 unspecified atom stereocenters. The third-order valence-electron chi connectivity index (χ3n) is 21.1. The summed E-state index contributed by atoms with van der Waals surface area (Å²) in [4.78, 5) is 121. The van der Waals surface area contributed by atoms with E-state index < -0.39 is 107 Å². The van der Waals surface area contributed by atoms with Gasteiger partial charge >= 0.3 is 24.1 Å². The van der Waals surface area contributed by atoms with Gasteiger partial charge in [0.1, 0.15) is 23.1 Å². The number of hydrogen-bond acceptors (Lipinski definition) is 18. The Labute approximate surface area is 525 Å². The van der Waals surface area contributed by atoms with Gasteiger partial charge in [0.05, 0.1) is 18.0 Å². The normalized spacial score (nSPS) is 34.5. The second-order valence-corrected chi connectivity index (χ2v) is 27.5. The van der Waals surface area contributed by atoms with Crippen LogP contribution in [-0.4, -0.2) is 163 Å². The molecular weight excluding hydrogens is 1210 g/mol. The number of alkyl halides is 4. The lowest BCUT2D eigenvalue weighted by molar-refractivity contribution is -0.192. The van der Waals surface area contributed by atoms with Crippen molar-refractivity contribution in [3.63, 3.8) is 0 Å². The monoisotopic (exact) mass is 1300 g/mol. The molecule has 6 saturated carbocycles. The van der Waals surface area contributed by atoms with E-state index in [2.05, 4.69) is 29.9 Å². The molecule has 8 aliphatic rings. The second kappa shape index (κ2) is 29.9. The third kappa shape index (κ3) is 16.2. The number of thioether (sulfide) groups is 1. The van der Waals surface area contributed by atoms with E-state index in [9.17, 15) is 76.7 Å². The van der Waals surface area contributed by atoms with Gasteiger partial charge in [-0.1, -0.05) is 52.7 Å². The summed E-state index contributed by atoms with van der Waals surface area (Å²) in [5, 5.41) is 56.0.